The van der Waals surface area contributed by atoms with Crippen molar-refractivity contribution in [2.75, 3.05) is 0 Å². The van der Waals surface area contributed by atoms with Crippen LogP contribution in [0.3, 0.4) is 0 Å². The maximum absolute atomic E-state index is 4.54. The van der Waals surface area contributed by atoms with Gasteiger partial charge in [0, 0.05) is 0 Å². The Labute approximate surface area is 143 Å². The molecule has 122 valence electrons. The Kier molecular flexibility index (Phi) is 6.32. The lowest BCUT2D eigenvalue weighted by molar-refractivity contribution is 1.23. The molecule has 24 heavy (non-hydrogen) atoms. The van der Waals surface area contributed by atoms with Crippen LogP contribution in [0.25, 0.3) is 0 Å². The summed E-state index contributed by atoms with van der Waals surface area (Å²) in [6.07, 6.45) is 0. The molecule has 0 spiro atoms. The van der Waals surface area contributed by atoms with Gasteiger partial charge in [0.05, 0.1) is 34.2 Å². The van der Waals surface area contributed by atoms with E-state index in [0.29, 0.717) is 0 Å². The van der Waals surface area contributed by atoms with Gasteiger partial charge in [-0.15, -0.1) is 0 Å². The third-order valence-electron chi connectivity index (χ3n) is 3.50. The third-order valence-corrected chi connectivity index (χ3v) is 3.50. The van der Waals surface area contributed by atoms with E-state index in [1.165, 1.54) is 0 Å². The van der Waals surface area contributed by atoms with E-state index in [9.17, 15) is 0 Å². The first kappa shape index (κ1) is 17.5. The minimum absolute atomic E-state index is 0.783. The fourth-order valence-electron chi connectivity index (χ4n) is 1.85. The number of hydrogen-bond acceptors (Lipinski definition) is 4. The van der Waals surface area contributed by atoms with Crippen molar-refractivity contribution in [2.24, 2.45) is 20.2 Å². The maximum Gasteiger partial charge on any atom is 0.0811 e. The average Bonchev–Trinajstić information content (AvgIpc) is 2.61. The summed E-state index contributed by atoms with van der Waals surface area (Å²) in [6.45, 7) is 7.67. The van der Waals surface area contributed by atoms with Crippen LogP contribution >= 0.6 is 0 Å². The molecule has 0 N–H and O–H groups in total. The van der Waals surface area contributed by atoms with Crippen LogP contribution in [-0.2, 0) is 0 Å². The van der Waals surface area contributed by atoms with Gasteiger partial charge < -0.3 is 0 Å². The zero-order valence-corrected chi connectivity index (χ0v) is 14.6. The molecule has 0 aliphatic heterocycles. The first-order chi connectivity index (χ1) is 11.6. The molecule has 2 rings (SSSR count). The van der Waals surface area contributed by atoms with Gasteiger partial charge in [-0.1, -0.05) is 36.4 Å². The van der Waals surface area contributed by atoms with Crippen LogP contribution in [0.4, 0.5) is 11.4 Å². The minimum Gasteiger partial charge on any atom is -0.252 e. The van der Waals surface area contributed by atoms with Crippen LogP contribution < -0.4 is 0 Å². The summed E-state index contributed by atoms with van der Waals surface area (Å²) in [7, 11) is 0. The van der Waals surface area contributed by atoms with Gasteiger partial charge >= 0.3 is 0 Å². The summed E-state index contributed by atoms with van der Waals surface area (Å²) in [5, 5.41) is 8.55. The summed E-state index contributed by atoms with van der Waals surface area (Å²) < 4.78 is 0. The molecular weight excluding hydrogens is 296 g/mol. The van der Waals surface area contributed by atoms with Crippen LogP contribution in [0.2, 0.25) is 0 Å². The predicted octanol–water partition coefficient (Wildman–Crippen LogP) is 5.41. The topological polar surface area (TPSA) is 49.4 Å². The van der Waals surface area contributed by atoms with Crippen LogP contribution in [0.1, 0.15) is 27.7 Å². The Morgan fingerprint density at radius 1 is 0.500 bits per heavy atom. The van der Waals surface area contributed by atoms with E-state index < -0.39 is 0 Å². The first-order valence-corrected chi connectivity index (χ1v) is 7.86. The maximum atomic E-state index is 4.54. The lowest BCUT2D eigenvalue weighted by Gasteiger charge is -2.01. The molecule has 4 heteroatoms. The number of benzene rings is 2. The molecule has 2 aromatic rings. The Hall–Kier alpha value is -2.88. The second kappa shape index (κ2) is 8.67. The summed E-state index contributed by atoms with van der Waals surface area (Å²) >= 11 is 0. The van der Waals surface area contributed by atoms with Crippen molar-refractivity contribution in [1.82, 2.24) is 0 Å². The van der Waals surface area contributed by atoms with Crippen LogP contribution in [0, 0.1) is 0 Å². The molecule has 0 aliphatic carbocycles. The van der Waals surface area contributed by atoms with E-state index in [2.05, 4.69) is 20.2 Å². The van der Waals surface area contributed by atoms with Crippen LogP contribution in [-0.4, -0.2) is 22.8 Å². The highest BCUT2D eigenvalue weighted by atomic mass is 15.2. The second-order valence-electron chi connectivity index (χ2n) is 5.44. The Morgan fingerprint density at radius 3 is 1.17 bits per heavy atom. The molecule has 0 saturated carbocycles. The van der Waals surface area contributed by atoms with E-state index in [4.69, 9.17) is 0 Å². The van der Waals surface area contributed by atoms with Gasteiger partial charge in [-0.2, -0.15) is 10.2 Å². The molecule has 0 bridgehead atoms. The average molecular weight is 318 g/mol. The highest BCUT2D eigenvalue weighted by molar-refractivity contribution is 6.42. The summed E-state index contributed by atoms with van der Waals surface area (Å²) in [4.78, 5) is 9.07. The SMILES string of the molecule is CC(=Nc1ccccc1)/C(C)=N/N=C(\C)C(C)=Nc1ccccc1. The normalized spacial score (nSPS) is 14.0. The molecule has 0 unspecified atom stereocenters. The van der Waals surface area contributed by atoms with Gasteiger partial charge in [-0.3, -0.25) is 9.98 Å². The standard InChI is InChI=1S/C20H22N4/c1-15(21-19-11-7-5-8-12-19)17(3)23-24-18(4)16(2)22-20-13-9-6-10-14-20/h5-14H,1-4H3/b21-15?,22-16?,23-17+,24-18+. The van der Waals surface area contributed by atoms with Crippen LogP contribution in [0.5, 0.6) is 0 Å². The predicted molar refractivity (Wildman–Crippen MR) is 105 cm³/mol. The lowest BCUT2D eigenvalue weighted by atomic mass is 10.2. The van der Waals surface area contributed by atoms with Crippen molar-refractivity contribution in [2.45, 2.75) is 27.7 Å². The van der Waals surface area contributed by atoms with Gasteiger partial charge in [0.25, 0.3) is 0 Å². The molecule has 0 amide bonds. The number of rotatable bonds is 5. The van der Waals surface area contributed by atoms with Crippen molar-refractivity contribution in [3.63, 3.8) is 0 Å². The summed E-state index contributed by atoms with van der Waals surface area (Å²) in [5.41, 5.74) is 5.07. The number of hydrogen-bond donors (Lipinski definition) is 0. The Balaban J connectivity index is 2.13. The van der Waals surface area contributed by atoms with Crippen molar-refractivity contribution >= 4 is 34.2 Å². The highest BCUT2D eigenvalue weighted by Crippen LogP contribution is 2.11. The zero-order chi connectivity index (χ0) is 17.4. The van der Waals surface area contributed by atoms with Crippen LogP contribution in [0.15, 0.2) is 80.9 Å². The monoisotopic (exact) mass is 318 g/mol. The Morgan fingerprint density at radius 2 is 0.833 bits per heavy atom. The Bertz CT molecular complexity index is 715. The van der Waals surface area contributed by atoms with Crippen molar-refractivity contribution in [3.8, 4) is 0 Å². The van der Waals surface area contributed by atoms with Gasteiger partial charge in [0.15, 0.2) is 0 Å². The molecule has 4 nitrogen and oxygen atoms in total. The van der Waals surface area contributed by atoms with Gasteiger partial charge in [0.2, 0.25) is 0 Å². The fourth-order valence-corrected chi connectivity index (χ4v) is 1.85. The highest BCUT2D eigenvalue weighted by Gasteiger charge is 2.00. The number of aliphatic imine (C=N–C) groups is 2. The molecule has 0 radical (unpaired) electrons. The largest absolute Gasteiger partial charge is 0.252 e. The van der Waals surface area contributed by atoms with Crippen molar-refractivity contribution < 1.29 is 0 Å². The van der Waals surface area contributed by atoms with Crippen molar-refractivity contribution in [3.05, 3.63) is 60.7 Å². The molecule has 0 aliphatic rings. The smallest absolute Gasteiger partial charge is 0.0811 e. The quantitative estimate of drug-likeness (QED) is 0.523. The van der Waals surface area contributed by atoms with E-state index >= 15 is 0 Å². The van der Waals surface area contributed by atoms with E-state index in [0.717, 1.165) is 34.2 Å². The third kappa shape index (κ3) is 5.39. The minimum atomic E-state index is 0.783. The van der Waals surface area contributed by atoms with Crippen molar-refractivity contribution in [1.29, 1.82) is 0 Å². The molecule has 0 heterocycles. The molecule has 0 atom stereocenters. The lowest BCUT2D eigenvalue weighted by Crippen LogP contribution is -2.07. The van der Waals surface area contributed by atoms with Gasteiger partial charge in [0.1, 0.15) is 0 Å². The van der Waals surface area contributed by atoms with Gasteiger partial charge in [-0.05, 0) is 52.0 Å². The first-order valence-electron chi connectivity index (χ1n) is 7.86. The summed E-state index contributed by atoms with van der Waals surface area (Å²) in [6, 6.07) is 19.6. The van der Waals surface area contributed by atoms with Gasteiger partial charge in [-0.25, -0.2) is 0 Å². The second-order valence-corrected chi connectivity index (χ2v) is 5.44. The molecule has 2 aromatic carbocycles. The number of para-hydroxylation sites is 2. The molecule has 0 fully saturated rings. The fraction of sp³-hybridized carbons (Fsp3) is 0.200. The number of nitrogens with zero attached hydrogens (tertiary/aromatic N) is 4. The van der Waals surface area contributed by atoms with E-state index in [1.54, 1.807) is 0 Å². The molecule has 0 aromatic heterocycles. The molecular formula is C20H22N4. The summed E-state index contributed by atoms with van der Waals surface area (Å²) in [5.74, 6) is 0. The van der Waals surface area contributed by atoms with E-state index in [-0.39, 0.29) is 0 Å². The zero-order valence-electron chi connectivity index (χ0n) is 14.6. The van der Waals surface area contributed by atoms with E-state index in [1.807, 2.05) is 88.4 Å². The molecule has 0 saturated heterocycles.